The minimum Gasteiger partial charge on any atom is -0.494 e. The number of halogens is 2. The first-order valence-corrected chi connectivity index (χ1v) is 9.47. The molecule has 2 aromatic carbocycles. The number of nitrogens with zero attached hydrogens (tertiary/aromatic N) is 1. The van der Waals surface area contributed by atoms with Crippen molar-refractivity contribution in [3.05, 3.63) is 63.1 Å². The van der Waals surface area contributed by atoms with E-state index < -0.39 is 5.92 Å². The molecule has 2 aromatic rings. The summed E-state index contributed by atoms with van der Waals surface area (Å²) < 4.78 is 5.73. The lowest BCUT2D eigenvalue weighted by atomic mass is 10.0. The van der Waals surface area contributed by atoms with E-state index in [9.17, 15) is 10.1 Å². The van der Waals surface area contributed by atoms with Crippen LogP contribution in [-0.4, -0.2) is 12.5 Å². The van der Waals surface area contributed by atoms with Crippen LogP contribution in [0.15, 0.2) is 36.4 Å². The summed E-state index contributed by atoms with van der Waals surface area (Å²) in [6.45, 7) is 4.63. The van der Waals surface area contributed by atoms with Crippen molar-refractivity contribution in [2.45, 2.75) is 33.2 Å². The van der Waals surface area contributed by atoms with Gasteiger partial charge in [0.05, 0.1) is 12.7 Å². The SMILES string of the molecule is Cc1cc(OCCCC(C#N)C(=O)NCc2cccc(Cl)c2)cc(C)c1Cl. The normalized spacial score (nSPS) is 11.5. The van der Waals surface area contributed by atoms with E-state index in [1.165, 1.54) is 0 Å². The zero-order valence-corrected chi connectivity index (χ0v) is 16.9. The molecule has 0 bridgehead atoms. The highest BCUT2D eigenvalue weighted by Gasteiger charge is 2.17. The molecule has 0 aliphatic rings. The van der Waals surface area contributed by atoms with E-state index in [-0.39, 0.29) is 5.91 Å². The molecule has 0 saturated carbocycles. The summed E-state index contributed by atoms with van der Waals surface area (Å²) in [6, 6.07) is 13.1. The van der Waals surface area contributed by atoms with Crippen LogP contribution in [0.3, 0.4) is 0 Å². The van der Waals surface area contributed by atoms with Crippen LogP contribution in [0.5, 0.6) is 5.75 Å². The fourth-order valence-electron chi connectivity index (χ4n) is 2.68. The molecule has 1 N–H and O–H groups in total. The molecule has 0 saturated heterocycles. The predicted octanol–water partition coefficient (Wildman–Crippen LogP) is 5.23. The van der Waals surface area contributed by atoms with Gasteiger partial charge in [-0.1, -0.05) is 35.3 Å². The predicted molar refractivity (Wildman–Crippen MR) is 108 cm³/mol. The first kappa shape index (κ1) is 21.1. The van der Waals surface area contributed by atoms with Gasteiger partial charge < -0.3 is 10.1 Å². The Kier molecular flexibility index (Phi) is 7.97. The van der Waals surface area contributed by atoms with Gasteiger partial charge in [0.1, 0.15) is 11.7 Å². The van der Waals surface area contributed by atoms with E-state index in [0.29, 0.717) is 31.0 Å². The van der Waals surface area contributed by atoms with Crippen LogP contribution in [-0.2, 0) is 11.3 Å². The van der Waals surface area contributed by atoms with Gasteiger partial charge in [-0.25, -0.2) is 0 Å². The van der Waals surface area contributed by atoms with Crippen LogP contribution >= 0.6 is 23.2 Å². The molecule has 1 unspecified atom stereocenters. The van der Waals surface area contributed by atoms with Crippen LogP contribution in [0, 0.1) is 31.1 Å². The van der Waals surface area contributed by atoms with Crippen LogP contribution in [0.1, 0.15) is 29.5 Å². The maximum absolute atomic E-state index is 12.2. The molecule has 0 heterocycles. The number of nitrogens with one attached hydrogen (secondary N) is 1. The van der Waals surface area contributed by atoms with Crippen molar-refractivity contribution in [3.63, 3.8) is 0 Å². The molecule has 0 spiro atoms. The van der Waals surface area contributed by atoms with E-state index in [4.69, 9.17) is 27.9 Å². The van der Waals surface area contributed by atoms with Crippen molar-refractivity contribution in [2.75, 3.05) is 6.61 Å². The van der Waals surface area contributed by atoms with Gasteiger partial charge >= 0.3 is 0 Å². The Bertz CT molecular complexity index is 823. The maximum atomic E-state index is 12.2. The van der Waals surface area contributed by atoms with Crippen molar-refractivity contribution >= 4 is 29.1 Å². The average Bonchev–Trinajstić information content (AvgIpc) is 2.64. The van der Waals surface area contributed by atoms with Crippen LogP contribution in [0.4, 0.5) is 0 Å². The molecule has 6 heteroatoms. The van der Waals surface area contributed by atoms with Gasteiger partial charge in [-0.15, -0.1) is 0 Å². The molecule has 0 radical (unpaired) electrons. The van der Waals surface area contributed by atoms with Crippen molar-refractivity contribution in [1.82, 2.24) is 5.32 Å². The number of hydrogen-bond acceptors (Lipinski definition) is 3. The first-order chi connectivity index (χ1) is 12.9. The van der Waals surface area contributed by atoms with Gasteiger partial charge in [0.25, 0.3) is 0 Å². The molecule has 0 fully saturated rings. The second kappa shape index (κ2) is 10.2. The Morgan fingerprint density at radius 1 is 1.22 bits per heavy atom. The molecule has 0 aromatic heterocycles. The van der Waals surface area contributed by atoms with E-state index in [2.05, 4.69) is 11.4 Å². The van der Waals surface area contributed by atoms with E-state index in [1.54, 1.807) is 12.1 Å². The molecular weight excluding hydrogens is 383 g/mol. The number of carbonyl (C=O) groups excluding carboxylic acids is 1. The third kappa shape index (κ3) is 6.46. The van der Waals surface area contributed by atoms with Crippen LogP contribution in [0.25, 0.3) is 0 Å². The number of aryl methyl sites for hydroxylation is 2. The number of carbonyl (C=O) groups is 1. The summed E-state index contributed by atoms with van der Waals surface area (Å²) in [5.74, 6) is -0.245. The lowest BCUT2D eigenvalue weighted by Crippen LogP contribution is -2.29. The lowest BCUT2D eigenvalue weighted by molar-refractivity contribution is -0.123. The van der Waals surface area contributed by atoms with E-state index in [0.717, 1.165) is 27.5 Å². The number of benzene rings is 2. The van der Waals surface area contributed by atoms with Gasteiger partial charge in [0, 0.05) is 16.6 Å². The topological polar surface area (TPSA) is 62.1 Å². The van der Waals surface area contributed by atoms with E-state index in [1.807, 2.05) is 38.1 Å². The molecule has 2 rings (SSSR count). The molecule has 4 nitrogen and oxygen atoms in total. The summed E-state index contributed by atoms with van der Waals surface area (Å²) >= 11 is 12.1. The highest BCUT2D eigenvalue weighted by molar-refractivity contribution is 6.32. The largest absolute Gasteiger partial charge is 0.494 e. The van der Waals surface area contributed by atoms with Crippen molar-refractivity contribution in [1.29, 1.82) is 5.26 Å². The van der Waals surface area contributed by atoms with Gasteiger partial charge in [0.2, 0.25) is 5.91 Å². The number of nitriles is 1. The van der Waals surface area contributed by atoms with Gasteiger partial charge in [-0.05, 0) is 67.6 Å². The second-order valence-corrected chi connectivity index (χ2v) is 7.21. The zero-order valence-electron chi connectivity index (χ0n) is 15.4. The summed E-state index contributed by atoms with van der Waals surface area (Å²) in [7, 11) is 0. The van der Waals surface area contributed by atoms with Crippen molar-refractivity contribution < 1.29 is 9.53 Å². The quantitative estimate of drug-likeness (QED) is 0.612. The minimum atomic E-state index is -0.707. The molecule has 0 aliphatic carbocycles. The molecule has 1 amide bonds. The molecular formula is C21H22Cl2N2O2. The summed E-state index contributed by atoms with van der Waals surface area (Å²) in [5, 5.41) is 13.4. The third-order valence-corrected chi connectivity index (χ3v) is 4.98. The second-order valence-electron chi connectivity index (χ2n) is 6.39. The number of rotatable bonds is 8. The van der Waals surface area contributed by atoms with Gasteiger partial charge in [-0.2, -0.15) is 5.26 Å². The highest BCUT2D eigenvalue weighted by Crippen LogP contribution is 2.26. The van der Waals surface area contributed by atoms with Crippen molar-refractivity contribution in [2.24, 2.45) is 5.92 Å². The fraction of sp³-hybridized carbons (Fsp3) is 0.333. The standard InChI is InChI=1S/C21H22Cl2N2O2/c1-14-9-19(10-15(2)20(14)23)27-8-4-6-17(12-24)21(26)25-13-16-5-3-7-18(22)11-16/h3,5,7,9-11,17H,4,6,8,13H2,1-2H3,(H,25,26). The van der Waals surface area contributed by atoms with Gasteiger partial charge in [0.15, 0.2) is 0 Å². The number of amides is 1. The molecule has 0 aliphatic heterocycles. The highest BCUT2D eigenvalue weighted by atomic mass is 35.5. The van der Waals surface area contributed by atoms with Gasteiger partial charge in [-0.3, -0.25) is 4.79 Å². The number of ether oxygens (including phenoxy) is 1. The van der Waals surface area contributed by atoms with Crippen LogP contribution < -0.4 is 10.1 Å². The first-order valence-electron chi connectivity index (χ1n) is 8.72. The molecule has 27 heavy (non-hydrogen) atoms. The zero-order chi connectivity index (χ0) is 19.8. The fourth-order valence-corrected chi connectivity index (χ4v) is 3.00. The Hall–Kier alpha value is -2.22. The van der Waals surface area contributed by atoms with E-state index >= 15 is 0 Å². The summed E-state index contributed by atoms with van der Waals surface area (Å²) in [4.78, 5) is 12.2. The van der Waals surface area contributed by atoms with Crippen LogP contribution in [0.2, 0.25) is 10.0 Å². The summed E-state index contributed by atoms with van der Waals surface area (Å²) in [6.07, 6.45) is 1.03. The van der Waals surface area contributed by atoms with Crippen molar-refractivity contribution in [3.8, 4) is 11.8 Å². The Morgan fingerprint density at radius 2 is 1.93 bits per heavy atom. The smallest absolute Gasteiger partial charge is 0.237 e. The average molecular weight is 405 g/mol. The summed E-state index contributed by atoms with van der Waals surface area (Å²) in [5.41, 5.74) is 2.81. The molecule has 1 atom stereocenters. The monoisotopic (exact) mass is 404 g/mol. The Morgan fingerprint density at radius 3 is 2.56 bits per heavy atom. The minimum absolute atomic E-state index is 0.282. The number of hydrogen-bond donors (Lipinski definition) is 1. The lowest BCUT2D eigenvalue weighted by Gasteiger charge is -2.12. The third-order valence-electron chi connectivity index (χ3n) is 4.14. The Labute approximate surface area is 170 Å². The molecule has 142 valence electrons. The maximum Gasteiger partial charge on any atom is 0.237 e. The Balaban J connectivity index is 1.78.